The van der Waals surface area contributed by atoms with Crippen LogP contribution in [-0.2, 0) is 11.3 Å². The zero-order valence-electron chi connectivity index (χ0n) is 12.9. The summed E-state index contributed by atoms with van der Waals surface area (Å²) < 4.78 is 11.7. The van der Waals surface area contributed by atoms with E-state index in [-0.39, 0.29) is 0 Å². The molecule has 0 amide bonds. The van der Waals surface area contributed by atoms with Gasteiger partial charge in [0.2, 0.25) is 0 Å². The van der Waals surface area contributed by atoms with E-state index in [4.69, 9.17) is 15.2 Å². The van der Waals surface area contributed by atoms with Crippen LogP contribution in [0.15, 0.2) is 18.2 Å². The molecule has 2 fully saturated rings. The van der Waals surface area contributed by atoms with E-state index < -0.39 is 0 Å². The van der Waals surface area contributed by atoms with Gasteiger partial charge >= 0.3 is 0 Å². The van der Waals surface area contributed by atoms with Gasteiger partial charge in [-0.1, -0.05) is 12.8 Å². The van der Waals surface area contributed by atoms with Crippen LogP contribution in [0.1, 0.15) is 38.2 Å². The van der Waals surface area contributed by atoms with Crippen molar-refractivity contribution in [3.05, 3.63) is 23.8 Å². The van der Waals surface area contributed by atoms with Gasteiger partial charge in [-0.25, -0.2) is 0 Å². The molecular formula is C17H26N2O2. The predicted octanol–water partition coefficient (Wildman–Crippen LogP) is 2.81. The van der Waals surface area contributed by atoms with Gasteiger partial charge in [0.15, 0.2) is 0 Å². The smallest absolute Gasteiger partial charge is 0.123 e. The Balaban J connectivity index is 1.77. The summed E-state index contributed by atoms with van der Waals surface area (Å²) in [7, 11) is 0. The second kappa shape index (κ2) is 6.67. The van der Waals surface area contributed by atoms with Crippen LogP contribution in [-0.4, -0.2) is 36.8 Å². The standard InChI is InChI=1S/C17H26N2O2/c1-2-20-16-8-7-14(18)11-13(16)12-19-9-10-21-17-6-4-3-5-15(17)19/h7-8,11,15,17H,2-6,9-10,12,18H2,1H3. The number of nitrogens with zero attached hydrogens (tertiary/aromatic N) is 1. The first-order valence-corrected chi connectivity index (χ1v) is 8.15. The molecule has 1 saturated carbocycles. The molecule has 2 N–H and O–H groups in total. The van der Waals surface area contributed by atoms with Crippen molar-refractivity contribution in [2.45, 2.75) is 51.3 Å². The minimum absolute atomic E-state index is 0.420. The Hall–Kier alpha value is -1.26. The van der Waals surface area contributed by atoms with Gasteiger partial charge in [0, 0.05) is 30.4 Å². The van der Waals surface area contributed by atoms with Crippen LogP contribution in [0.3, 0.4) is 0 Å². The molecule has 116 valence electrons. The van der Waals surface area contributed by atoms with Crippen LogP contribution in [0.25, 0.3) is 0 Å². The summed E-state index contributed by atoms with van der Waals surface area (Å²) in [6, 6.07) is 6.52. The Morgan fingerprint density at radius 1 is 1.33 bits per heavy atom. The molecule has 0 spiro atoms. The number of morpholine rings is 1. The Morgan fingerprint density at radius 2 is 2.19 bits per heavy atom. The van der Waals surface area contributed by atoms with Crippen LogP contribution in [0.5, 0.6) is 5.75 Å². The van der Waals surface area contributed by atoms with E-state index in [9.17, 15) is 0 Å². The quantitative estimate of drug-likeness (QED) is 0.866. The molecule has 0 radical (unpaired) electrons. The molecule has 2 aliphatic rings. The molecule has 2 atom stereocenters. The van der Waals surface area contributed by atoms with Crippen molar-refractivity contribution in [3.63, 3.8) is 0 Å². The zero-order valence-corrected chi connectivity index (χ0v) is 12.9. The highest BCUT2D eigenvalue weighted by Crippen LogP contribution is 2.31. The van der Waals surface area contributed by atoms with Gasteiger partial charge in [-0.2, -0.15) is 0 Å². The molecule has 1 aliphatic carbocycles. The number of anilines is 1. The number of benzene rings is 1. The maximum atomic E-state index is 5.96. The monoisotopic (exact) mass is 290 g/mol. The Kier molecular flexibility index (Phi) is 4.66. The van der Waals surface area contributed by atoms with E-state index in [0.717, 1.165) is 31.1 Å². The number of hydrogen-bond acceptors (Lipinski definition) is 4. The number of rotatable bonds is 4. The van der Waals surface area contributed by atoms with Crippen molar-refractivity contribution in [2.75, 3.05) is 25.5 Å². The van der Waals surface area contributed by atoms with Crippen molar-refractivity contribution in [1.82, 2.24) is 4.90 Å². The fraction of sp³-hybridized carbons (Fsp3) is 0.647. The van der Waals surface area contributed by atoms with Crippen LogP contribution in [0.2, 0.25) is 0 Å². The number of hydrogen-bond donors (Lipinski definition) is 1. The van der Waals surface area contributed by atoms with Crippen molar-refractivity contribution in [3.8, 4) is 5.75 Å². The first-order valence-electron chi connectivity index (χ1n) is 8.15. The third kappa shape index (κ3) is 3.33. The summed E-state index contributed by atoms with van der Waals surface area (Å²) >= 11 is 0. The van der Waals surface area contributed by atoms with Crippen molar-refractivity contribution >= 4 is 5.69 Å². The van der Waals surface area contributed by atoms with Crippen LogP contribution in [0.4, 0.5) is 5.69 Å². The largest absolute Gasteiger partial charge is 0.494 e. The highest BCUT2D eigenvalue weighted by molar-refractivity contribution is 5.47. The molecule has 0 bridgehead atoms. The molecule has 0 aromatic heterocycles. The van der Waals surface area contributed by atoms with Crippen molar-refractivity contribution < 1.29 is 9.47 Å². The number of nitrogen functional groups attached to an aromatic ring is 1. The first-order chi connectivity index (χ1) is 10.3. The third-order valence-corrected chi connectivity index (χ3v) is 4.60. The summed E-state index contributed by atoms with van der Waals surface area (Å²) in [6.07, 6.45) is 5.49. The molecule has 1 aliphatic heterocycles. The van der Waals surface area contributed by atoms with Gasteiger partial charge in [0.05, 0.1) is 19.3 Å². The number of ether oxygens (including phenoxy) is 2. The van der Waals surface area contributed by atoms with Gasteiger partial charge in [0.1, 0.15) is 5.75 Å². The van der Waals surface area contributed by atoms with Gasteiger partial charge in [0.25, 0.3) is 0 Å². The minimum Gasteiger partial charge on any atom is -0.494 e. The molecule has 1 saturated heterocycles. The minimum atomic E-state index is 0.420. The summed E-state index contributed by atoms with van der Waals surface area (Å²) in [6.45, 7) is 5.46. The Labute approximate surface area is 127 Å². The molecule has 1 heterocycles. The first kappa shape index (κ1) is 14.7. The van der Waals surface area contributed by atoms with E-state index in [0.29, 0.717) is 18.8 Å². The average molecular weight is 290 g/mol. The summed E-state index contributed by atoms with van der Waals surface area (Å²) in [4.78, 5) is 2.56. The van der Waals surface area contributed by atoms with Crippen molar-refractivity contribution in [2.24, 2.45) is 0 Å². The molecule has 4 nitrogen and oxygen atoms in total. The topological polar surface area (TPSA) is 47.7 Å². The van der Waals surface area contributed by atoms with Crippen molar-refractivity contribution in [1.29, 1.82) is 0 Å². The lowest BCUT2D eigenvalue weighted by Gasteiger charge is -2.44. The van der Waals surface area contributed by atoms with E-state index >= 15 is 0 Å². The lowest BCUT2D eigenvalue weighted by Crippen LogP contribution is -2.52. The van der Waals surface area contributed by atoms with Gasteiger partial charge in [-0.3, -0.25) is 4.90 Å². The van der Waals surface area contributed by atoms with Gasteiger partial charge < -0.3 is 15.2 Å². The van der Waals surface area contributed by atoms with Crippen LogP contribution in [0, 0.1) is 0 Å². The van der Waals surface area contributed by atoms with E-state index in [2.05, 4.69) is 11.0 Å². The zero-order chi connectivity index (χ0) is 14.7. The Bertz CT molecular complexity index is 476. The molecule has 1 aromatic rings. The van der Waals surface area contributed by atoms with Gasteiger partial charge in [-0.15, -0.1) is 0 Å². The SMILES string of the molecule is CCOc1ccc(N)cc1CN1CCOC2CCCCC21. The second-order valence-electron chi connectivity index (χ2n) is 6.03. The summed E-state index contributed by atoms with van der Waals surface area (Å²) in [5.41, 5.74) is 7.97. The molecule has 21 heavy (non-hydrogen) atoms. The lowest BCUT2D eigenvalue weighted by molar-refractivity contribution is -0.0912. The number of fused-ring (bicyclic) bond motifs is 1. The van der Waals surface area contributed by atoms with Crippen LogP contribution >= 0.6 is 0 Å². The molecule has 3 rings (SSSR count). The fourth-order valence-corrected chi connectivity index (χ4v) is 3.61. The third-order valence-electron chi connectivity index (χ3n) is 4.60. The average Bonchev–Trinajstić information content (AvgIpc) is 2.50. The molecular weight excluding hydrogens is 264 g/mol. The molecule has 1 aromatic carbocycles. The maximum Gasteiger partial charge on any atom is 0.123 e. The van der Waals surface area contributed by atoms with E-state index in [1.54, 1.807) is 0 Å². The second-order valence-corrected chi connectivity index (χ2v) is 6.03. The van der Waals surface area contributed by atoms with Crippen LogP contribution < -0.4 is 10.5 Å². The fourth-order valence-electron chi connectivity index (χ4n) is 3.61. The molecule has 4 heteroatoms. The van der Waals surface area contributed by atoms with E-state index in [1.165, 1.54) is 31.2 Å². The summed E-state index contributed by atoms with van der Waals surface area (Å²) in [5, 5.41) is 0. The maximum absolute atomic E-state index is 5.96. The lowest BCUT2D eigenvalue weighted by atomic mass is 9.90. The summed E-state index contributed by atoms with van der Waals surface area (Å²) in [5.74, 6) is 0.963. The van der Waals surface area contributed by atoms with E-state index in [1.807, 2.05) is 19.1 Å². The molecule has 2 unspecified atom stereocenters. The predicted molar refractivity (Wildman–Crippen MR) is 84.4 cm³/mol. The Morgan fingerprint density at radius 3 is 3.05 bits per heavy atom. The number of nitrogens with two attached hydrogens (primary N) is 1. The van der Waals surface area contributed by atoms with Gasteiger partial charge in [-0.05, 0) is 38.0 Å². The normalized spacial score (nSPS) is 26.3. The highest BCUT2D eigenvalue weighted by atomic mass is 16.5. The highest BCUT2D eigenvalue weighted by Gasteiger charge is 2.34.